The van der Waals surface area contributed by atoms with Crippen molar-refractivity contribution in [2.75, 3.05) is 19.5 Å². The van der Waals surface area contributed by atoms with Crippen LogP contribution >= 0.6 is 0 Å². The van der Waals surface area contributed by atoms with Gasteiger partial charge in [0.15, 0.2) is 0 Å². The lowest BCUT2D eigenvalue weighted by molar-refractivity contribution is -0.138. The molecule has 1 amide bonds. The van der Waals surface area contributed by atoms with Crippen LogP contribution < -0.4 is 20.5 Å². The van der Waals surface area contributed by atoms with Gasteiger partial charge in [0.1, 0.15) is 0 Å². The number of rotatable bonds is 6. The minimum Gasteiger partial charge on any atom is -0.481 e. The quantitative estimate of drug-likeness (QED) is 0.613. The van der Waals surface area contributed by atoms with E-state index in [0.29, 0.717) is 0 Å². The molecule has 0 aromatic carbocycles. The molecule has 1 atom stereocenters. The van der Waals surface area contributed by atoms with E-state index >= 15 is 0 Å². The van der Waals surface area contributed by atoms with Crippen LogP contribution in [0.5, 0.6) is 11.8 Å². The average molecular weight is 270 g/mol. The van der Waals surface area contributed by atoms with Crippen molar-refractivity contribution in [1.82, 2.24) is 9.97 Å². The first-order valence-corrected chi connectivity index (χ1v) is 5.21. The Morgan fingerprint density at radius 1 is 1.37 bits per heavy atom. The Morgan fingerprint density at radius 3 is 2.32 bits per heavy atom. The molecule has 1 aromatic heterocycles. The molecule has 9 heteroatoms. The third-order valence-corrected chi connectivity index (χ3v) is 2.06. The minimum absolute atomic E-state index is 0.0814. The Bertz CT molecular complexity index is 457. The Morgan fingerprint density at radius 2 is 1.89 bits per heavy atom. The van der Waals surface area contributed by atoms with Crippen LogP contribution in [0.1, 0.15) is 6.42 Å². The first-order valence-electron chi connectivity index (χ1n) is 5.21. The zero-order valence-corrected chi connectivity index (χ0v) is 10.4. The largest absolute Gasteiger partial charge is 0.481 e. The zero-order valence-electron chi connectivity index (χ0n) is 10.4. The Labute approximate surface area is 108 Å². The van der Waals surface area contributed by atoms with Crippen LogP contribution in [0.2, 0.25) is 0 Å². The minimum atomic E-state index is -1.20. The molecule has 1 unspecified atom stereocenters. The van der Waals surface area contributed by atoms with E-state index in [1.54, 1.807) is 0 Å². The molecule has 1 rings (SSSR count). The SMILES string of the molecule is COc1cc(OC)nc(NC(=O)C(N)CC(=O)O)n1. The van der Waals surface area contributed by atoms with Crippen molar-refractivity contribution < 1.29 is 24.2 Å². The number of amides is 1. The van der Waals surface area contributed by atoms with Crippen LogP contribution in [0.15, 0.2) is 6.07 Å². The lowest BCUT2D eigenvalue weighted by Gasteiger charge is -2.10. The molecule has 0 radical (unpaired) electrons. The topological polar surface area (TPSA) is 137 Å². The summed E-state index contributed by atoms with van der Waals surface area (Å²) in [4.78, 5) is 29.7. The van der Waals surface area contributed by atoms with Crippen LogP contribution in [0.25, 0.3) is 0 Å². The maximum Gasteiger partial charge on any atom is 0.305 e. The fourth-order valence-electron chi connectivity index (χ4n) is 1.15. The number of carbonyl (C=O) groups is 2. The molecule has 0 saturated carbocycles. The summed E-state index contributed by atoms with van der Waals surface area (Å²) >= 11 is 0. The van der Waals surface area contributed by atoms with Gasteiger partial charge in [0.05, 0.1) is 32.7 Å². The predicted octanol–water partition coefficient (Wildman–Crippen LogP) is -0.766. The van der Waals surface area contributed by atoms with Gasteiger partial charge in [0.25, 0.3) is 0 Å². The normalized spacial score (nSPS) is 11.5. The maximum atomic E-state index is 11.6. The van der Waals surface area contributed by atoms with E-state index in [1.807, 2.05) is 0 Å². The second-order valence-corrected chi connectivity index (χ2v) is 3.47. The Balaban J connectivity index is 2.80. The molecule has 0 aliphatic rings. The molecule has 1 heterocycles. The maximum absolute atomic E-state index is 11.6. The number of hydrogen-bond acceptors (Lipinski definition) is 7. The third kappa shape index (κ3) is 4.39. The number of carboxylic acids is 1. The highest BCUT2D eigenvalue weighted by atomic mass is 16.5. The molecule has 4 N–H and O–H groups in total. The van der Waals surface area contributed by atoms with E-state index in [9.17, 15) is 9.59 Å². The standard InChI is InChI=1S/C10H14N4O5/c1-18-6-4-7(19-2)13-10(12-6)14-9(17)5(11)3-8(15)16/h4-5H,3,11H2,1-2H3,(H,15,16)(H,12,13,14,17). The lowest BCUT2D eigenvalue weighted by Crippen LogP contribution is -2.37. The summed E-state index contributed by atoms with van der Waals surface area (Å²) in [7, 11) is 2.78. The molecule has 104 valence electrons. The number of carboxylic acid groups (broad SMARTS) is 1. The van der Waals surface area contributed by atoms with Crippen molar-refractivity contribution in [3.05, 3.63) is 6.07 Å². The molecule has 19 heavy (non-hydrogen) atoms. The number of nitrogens with zero attached hydrogens (tertiary/aromatic N) is 2. The van der Waals surface area contributed by atoms with Crippen molar-refractivity contribution in [2.24, 2.45) is 5.73 Å². The average Bonchev–Trinajstić information content (AvgIpc) is 2.37. The number of carbonyl (C=O) groups excluding carboxylic acids is 1. The van der Waals surface area contributed by atoms with Gasteiger partial charge in [-0.2, -0.15) is 9.97 Å². The number of methoxy groups -OCH3 is 2. The number of nitrogens with one attached hydrogen (secondary N) is 1. The lowest BCUT2D eigenvalue weighted by atomic mass is 10.2. The molecule has 0 aliphatic heterocycles. The van der Waals surface area contributed by atoms with Crippen molar-refractivity contribution in [3.63, 3.8) is 0 Å². The molecule has 1 aromatic rings. The summed E-state index contributed by atoms with van der Waals surface area (Å²) in [6.07, 6.45) is -0.493. The fourth-order valence-corrected chi connectivity index (χ4v) is 1.15. The number of hydrogen-bond donors (Lipinski definition) is 3. The summed E-state index contributed by atoms with van der Waals surface area (Å²) in [6.45, 7) is 0. The van der Waals surface area contributed by atoms with Gasteiger partial charge >= 0.3 is 5.97 Å². The van der Waals surface area contributed by atoms with Crippen LogP contribution in [-0.2, 0) is 9.59 Å². The summed E-state index contributed by atoms with van der Waals surface area (Å²) in [5, 5.41) is 10.8. The molecule has 9 nitrogen and oxygen atoms in total. The number of aliphatic carboxylic acids is 1. The smallest absolute Gasteiger partial charge is 0.305 e. The fraction of sp³-hybridized carbons (Fsp3) is 0.400. The number of ether oxygens (including phenoxy) is 2. The van der Waals surface area contributed by atoms with Gasteiger partial charge in [-0.15, -0.1) is 0 Å². The Kier molecular flexibility index (Phi) is 5.01. The predicted molar refractivity (Wildman–Crippen MR) is 64.0 cm³/mol. The molecule has 0 fully saturated rings. The Hall–Kier alpha value is -2.42. The van der Waals surface area contributed by atoms with Crippen LogP contribution in [0.4, 0.5) is 5.95 Å². The van der Waals surface area contributed by atoms with Crippen LogP contribution in [0.3, 0.4) is 0 Å². The van der Waals surface area contributed by atoms with E-state index < -0.39 is 24.3 Å². The summed E-state index contributed by atoms with van der Waals surface area (Å²) < 4.78 is 9.79. The van der Waals surface area contributed by atoms with E-state index in [1.165, 1.54) is 20.3 Å². The first-order chi connectivity index (χ1) is 8.96. The molecule has 0 aliphatic carbocycles. The summed E-state index contributed by atoms with van der Waals surface area (Å²) in [5.41, 5.74) is 5.40. The number of anilines is 1. The highest BCUT2D eigenvalue weighted by molar-refractivity contribution is 5.95. The van der Waals surface area contributed by atoms with Crippen molar-refractivity contribution in [2.45, 2.75) is 12.5 Å². The molecule has 0 spiro atoms. The van der Waals surface area contributed by atoms with Gasteiger partial charge in [-0.3, -0.25) is 14.9 Å². The van der Waals surface area contributed by atoms with Gasteiger partial charge in [0.2, 0.25) is 23.6 Å². The van der Waals surface area contributed by atoms with E-state index in [2.05, 4.69) is 15.3 Å². The van der Waals surface area contributed by atoms with Crippen LogP contribution in [0, 0.1) is 0 Å². The molecule has 0 saturated heterocycles. The van der Waals surface area contributed by atoms with E-state index in [4.69, 9.17) is 20.3 Å². The molecule has 0 bridgehead atoms. The molecular formula is C10H14N4O5. The highest BCUT2D eigenvalue weighted by Crippen LogP contribution is 2.17. The second kappa shape index (κ2) is 6.50. The van der Waals surface area contributed by atoms with Gasteiger partial charge < -0.3 is 20.3 Å². The van der Waals surface area contributed by atoms with E-state index in [-0.39, 0.29) is 17.7 Å². The zero-order chi connectivity index (χ0) is 14.4. The van der Waals surface area contributed by atoms with Crippen molar-refractivity contribution in [1.29, 1.82) is 0 Å². The van der Waals surface area contributed by atoms with Gasteiger partial charge in [-0.25, -0.2) is 0 Å². The summed E-state index contributed by atoms with van der Waals surface area (Å²) in [6, 6.07) is 0.227. The molecular weight excluding hydrogens is 256 g/mol. The summed E-state index contributed by atoms with van der Waals surface area (Å²) in [5.74, 6) is -1.59. The number of aromatic nitrogens is 2. The van der Waals surface area contributed by atoms with Gasteiger partial charge in [-0.05, 0) is 0 Å². The number of nitrogens with two attached hydrogens (primary N) is 1. The monoisotopic (exact) mass is 270 g/mol. The van der Waals surface area contributed by atoms with Crippen molar-refractivity contribution >= 4 is 17.8 Å². The first kappa shape index (κ1) is 14.6. The third-order valence-electron chi connectivity index (χ3n) is 2.06. The van der Waals surface area contributed by atoms with Gasteiger partial charge in [-0.1, -0.05) is 0 Å². The van der Waals surface area contributed by atoms with Gasteiger partial charge in [0, 0.05) is 0 Å². The van der Waals surface area contributed by atoms with Crippen molar-refractivity contribution in [3.8, 4) is 11.8 Å². The van der Waals surface area contributed by atoms with Crippen LogP contribution in [-0.4, -0.2) is 47.2 Å². The van der Waals surface area contributed by atoms with E-state index in [0.717, 1.165) is 0 Å². The highest BCUT2D eigenvalue weighted by Gasteiger charge is 2.18. The second-order valence-electron chi connectivity index (χ2n) is 3.47.